The van der Waals surface area contributed by atoms with Crippen LogP contribution in [0.5, 0.6) is 0 Å². The molecule has 2 amide bonds. The van der Waals surface area contributed by atoms with Gasteiger partial charge in [-0.1, -0.05) is 12.1 Å². The summed E-state index contributed by atoms with van der Waals surface area (Å²) < 4.78 is 0. The van der Waals surface area contributed by atoms with Gasteiger partial charge in [-0.3, -0.25) is 14.4 Å². The molecule has 6 nitrogen and oxygen atoms in total. The van der Waals surface area contributed by atoms with Crippen LogP contribution in [0.1, 0.15) is 51.0 Å². The summed E-state index contributed by atoms with van der Waals surface area (Å²) in [4.78, 5) is 41.4. The molecule has 1 aliphatic heterocycles. The number of ketones is 1. The van der Waals surface area contributed by atoms with Gasteiger partial charge in [0.15, 0.2) is 5.78 Å². The smallest absolute Gasteiger partial charge is 0.253 e. The van der Waals surface area contributed by atoms with Gasteiger partial charge in [0.2, 0.25) is 5.91 Å². The molecule has 0 saturated carbocycles. The molecule has 1 fully saturated rings. The minimum Gasteiger partial charge on any atom is -0.355 e. The van der Waals surface area contributed by atoms with Crippen molar-refractivity contribution >= 4 is 23.3 Å². The van der Waals surface area contributed by atoms with Crippen molar-refractivity contribution in [3.8, 4) is 0 Å². The van der Waals surface area contributed by atoms with Gasteiger partial charge in [0, 0.05) is 31.3 Å². The van der Waals surface area contributed by atoms with Crippen LogP contribution < -0.4 is 10.2 Å². The van der Waals surface area contributed by atoms with Crippen LogP contribution in [0, 0.1) is 20.8 Å². The number of benzene rings is 1. The second-order valence-corrected chi connectivity index (χ2v) is 6.90. The predicted octanol–water partition coefficient (Wildman–Crippen LogP) is 2.68. The summed E-state index contributed by atoms with van der Waals surface area (Å²) in [7, 11) is 0. The molecule has 3 rings (SSSR count). The van der Waals surface area contributed by atoms with Crippen molar-refractivity contribution in [2.24, 2.45) is 0 Å². The number of carbonyl (C=O) groups is 3. The fourth-order valence-corrected chi connectivity index (χ4v) is 3.55. The minimum atomic E-state index is -0.259. The number of H-pyrrole nitrogens is 1. The van der Waals surface area contributed by atoms with Gasteiger partial charge < -0.3 is 15.2 Å². The summed E-state index contributed by atoms with van der Waals surface area (Å²) in [6.07, 6.45) is 0.266. The standard InChI is InChI=1S/C20H23N3O3/c1-11-6-5-7-16(8-11)23-10-15(9-17(23)25)22-20(26)18-12(2)19(14(4)24)21-13(18)3/h5-8,15,21H,9-10H2,1-4H3,(H,22,26). The van der Waals surface area contributed by atoms with Gasteiger partial charge in [-0.2, -0.15) is 0 Å². The summed E-state index contributed by atoms with van der Waals surface area (Å²) in [6.45, 7) is 7.42. The lowest BCUT2D eigenvalue weighted by Crippen LogP contribution is -2.37. The zero-order chi connectivity index (χ0) is 19.0. The Morgan fingerprint density at radius 1 is 1.23 bits per heavy atom. The maximum Gasteiger partial charge on any atom is 0.253 e. The van der Waals surface area contributed by atoms with E-state index in [4.69, 9.17) is 0 Å². The molecular formula is C20H23N3O3. The molecule has 1 saturated heterocycles. The van der Waals surface area contributed by atoms with E-state index in [9.17, 15) is 14.4 Å². The normalized spacial score (nSPS) is 16.8. The van der Waals surface area contributed by atoms with Gasteiger partial charge >= 0.3 is 0 Å². The third-order valence-electron chi connectivity index (χ3n) is 4.79. The second kappa shape index (κ2) is 6.78. The summed E-state index contributed by atoms with van der Waals surface area (Å²) in [5.74, 6) is -0.369. The Labute approximate surface area is 152 Å². The van der Waals surface area contributed by atoms with Crippen LogP contribution in [0.2, 0.25) is 0 Å². The van der Waals surface area contributed by atoms with Gasteiger partial charge in [-0.15, -0.1) is 0 Å². The highest BCUT2D eigenvalue weighted by Crippen LogP contribution is 2.24. The largest absolute Gasteiger partial charge is 0.355 e. The Morgan fingerprint density at radius 2 is 1.96 bits per heavy atom. The molecule has 2 aromatic rings. The van der Waals surface area contributed by atoms with Gasteiger partial charge in [0.1, 0.15) is 0 Å². The lowest BCUT2D eigenvalue weighted by atomic mass is 10.1. The first-order chi connectivity index (χ1) is 12.3. The molecule has 0 aliphatic carbocycles. The maximum atomic E-state index is 12.7. The lowest BCUT2D eigenvalue weighted by Gasteiger charge is -2.18. The van der Waals surface area contributed by atoms with Gasteiger partial charge in [-0.25, -0.2) is 0 Å². The third kappa shape index (κ3) is 3.27. The van der Waals surface area contributed by atoms with Crippen molar-refractivity contribution in [3.63, 3.8) is 0 Å². The van der Waals surface area contributed by atoms with Crippen LogP contribution in [-0.4, -0.2) is 35.2 Å². The van der Waals surface area contributed by atoms with Gasteiger partial charge in [0.25, 0.3) is 5.91 Å². The minimum absolute atomic E-state index is 0.00663. The average Bonchev–Trinajstić information content (AvgIpc) is 3.06. The third-order valence-corrected chi connectivity index (χ3v) is 4.79. The van der Waals surface area contributed by atoms with E-state index >= 15 is 0 Å². The molecule has 1 aromatic carbocycles. The molecule has 136 valence electrons. The second-order valence-electron chi connectivity index (χ2n) is 6.90. The summed E-state index contributed by atoms with van der Waals surface area (Å²) in [5, 5.41) is 2.94. The van der Waals surface area contributed by atoms with Crippen molar-refractivity contribution < 1.29 is 14.4 Å². The van der Waals surface area contributed by atoms with Crippen molar-refractivity contribution in [3.05, 3.63) is 52.3 Å². The Bertz CT molecular complexity index is 898. The number of aromatic nitrogens is 1. The van der Waals surface area contributed by atoms with E-state index in [0.29, 0.717) is 29.1 Å². The first kappa shape index (κ1) is 17.9. The number of nitrogens with one attached hydrogen (secondary N) is 2. The van der Waals surface area contributed by atoms with Gasteiger partial charge in [0.05, 0.1) is 17.3 Å². The zero-order valence-corrected chi connectivity index (χ0v) is 15.5. The van der Waals surface area contributed by atoms with Crippen molar-refractivity contribution in [1.29, 1.82) is 0 Å². The van der Waals surface area contributed by atoms with E-state index in [-0.39, 0.29) is 30.1 Å². The SMILES string of the molecule is CC(=O)c1[nH]c(C)c(C(=O)NC2CC(=O)N(c3cccc(C)c3)C2)c1C. The number of nitrogens with zero attached hydrogens (tertiary/aromatic N) is 1. The molecule has 1 atom stereocenters. The van der Waals surface area contributed by atoms with Crippen LogP contribution in [0.3, 0.4) is 0 Å². The van der Waals surface area contributed by atoms with Gasteiger partial charge in [-0.05, 0) is 44.0 Å². The van der Waals surface area contributed by atoms with Crippen LogP contribution in [0.25, 0.3) is 0 Å². The van der Waals surface area contributed by atoms with Crippen LogP contribution >= 0.6 is 0 Å². The van der Waals surface area contributed by atoms with Crippen molar-refractivity contribution in [1.82, 2.24) is 10.3 Å². The van der Waals surface area contributed by atoms with E-state index in [1.807, 2.05) is 31.2 Å². The average molecular weight is 353 g/mol. The summed E-state index contributed by atoms with van der Waals surface area (Å²) >= 11 is 0. The first-order valence-corrected chi connectivity index (χ1v) is 8.66. The number of anilines is 1. The van der Waals surface area contributed by atoms with Crippen LogP contribution in [-0.2, 0) is 4.79 Å². The Balaban J connectivity index is 1.75. The molecule has 1 aromatic heterocycles. The van der Waals surface area contributed by atoms with E-state index < -0.39 is 0 Å². The highest BCUT2D eigenvalue weighted by molar-refractivity contribution is 6.03. The molecule has 1 aliphatic rings. The highest BCUT2D eigenvalue weighted by atomic mass is 16.2. The topological polar surface area (TPSA) is 82.3 Å². The number of aryl methyl sites for hydroxylation is 2. The maximum absolute atomic E-state index is 12.7. The molecule has 1 unspecified atom stereocenters. The molecule has 0 bridgehead atoms. The monoisotopic (exact) mass is 353 g/mol. The highest BCUT2D eigenvalue weighted by Gasteiger charge is 2.32. The molecular weight excluding hydrogens is 330 g/mol. The van der Waals surface area contributed by atoms with E-state index in [1.54, 1.807) is 18.7 Å². The zero-order valence-electron chi connectivity index (χ0n) is 15.5. The molecule has 2 heterocycles. The quantitative estimate of drug-likeness (QED) is 0.829. The Kier molecular flexibility index (Phi) is 4.68. The van der Waals surface area contributed by atoms with Crippen molar-refractivity contribution in [2.45, 2.75) is 40.2 Å². The fourth-order valence-electron chi connectivity index (χ4n) is 3.55. The molecule has 0 spiro atoms. The van der Waals surface area contributed by atoms with E-state index in [2.05, 4.69) is 10.3 Å². The number of rotatable bonds is 4. The van der Waals surface area contributed by atoms with E-state index in [1.165, 1.54) is 6.92 Å². The predicted molar refractivity (Wildman–Crippen MR) is 99.7 cm³/mol. The Hall–Kier alpha value is -2.89. The molecule has 26 heavy (non-hydrogen) atoms. The molecule has 2 N–H and O–H groups in total. The molecule has 6 heteroatoms. The number of hydrogen-bond acceptors (Lipinski definition) is 3. The Morgan fingerprint density at radius 3 is 2.58 bits per heavy atom. The van der Waals surface area contributed by atoms with Crippen LogP contribution in [0.4, 0.5) is 5.69 Å². The summed E-state index contributed by atoms with van der Waals surface area (Å²) in [5.41, 5.74) is 4.17. The van der Waals surface area contributed by atoms with E-state index in [0.717, 1.165) is 11.3 Å². The lowest BCUT2D eigenvalue weighted by molar-refractivity contribution is -0.117. The summed E-state index contributed by atoms with van der Waals surface area (Å²) in [6, 6.07) is 7.49. The molecule has 0 radical (unpaired) electrons. The number of amides is 2. The number of aromatic amines is 1. The van der Waals surface area contributed by atoms with Crippen molar-refractivity contribution in [2.75, 3.05) is 11.4 Å². The number of hydrogen-bond donors (Lipinski definition) is 2. The fraction of sp³-hybridized carbons (Fsp3) is 0.350. The van der Waals surface area contributed by atoms with Crippen LogP contribution in [0.15, 0.2) is 24.3 Å². The number of carbonyl (C=O) groups excluding carboxylic acids is 3. The first-order valence-electron chi connectivity index (χ1n) is 8.66. The number of Topliss-reactive ketones (excluding diaryl/α,β-unsaturated/α-hetero) is 1.